The van der Waals surface area contributed by atoms with Gasteiger partial charge in [-0.1, -0.05) is 228 Å². The minimum Gasteiger partial charge on any atom is -0.462 e. The van der Waals surface area contributed by atoms with Gasteiger partial charge in [-0.3, -0.25) is 14.4 Å². The van der Waals surface area contributed by atoms with Crippen LogP contribution in [0.5, 0.6) is 0 Å². The first-order valence-corrected chi connectivity index (χ1v) is 26.6. The number of carbonyl (C=O) groups is 3. The highest BCUT2D eigenvalue weighted by Gasteiger charge is 2.19. The Hall–Kier alpha value is -3.41. The number of allylic oxidation sites excluding steroid dienone is 14. The van der Waals surface area contributed by atoms with Crippen LogP contribution in [0, 0.1) is 0 Å². The van der Waals surface area contributed by atoms with Crippen LogP contribution in [-0.4, -0.2) is 37.2 Å². The van der Waals surface area contributed by atoms with Crippen LogP contribution >= 0.6 is 0 Å². The fourth-order valence-electron chi connectivity index (χ4n) is 7.17. The van der Waals surface area contributed by atoms with Crippen molar-refractivity contribution in [3.63, 3.8) is 0 Å². The quantitative estimate of drug-likeness (QED) is 0.0262. The van der Waals surface area contributed by atoms with Crippen molar-refractivity contribution in [3.05, 3.63) is 85.1 Å². The summed E-state index contributed by atoms with van der Waals surface area (Å²) in [6, 6.07) is 0. The summed E-state index contributed by atoms with van der Waals surface area (Å²) in [5.74, 6) is -1.01. The minimum absolute atomic E-state index is 0.104. The van der Waals surface area contributed by atoms with Crippen LogP contribution in [0.1, 0.15) is 245 Å². The van der Waals surface area contributed by atoms with Gasteiger partial charge in [-0.25, -0.2) is 0 Å². The molecule has 0 aromatic carbocycles. The van der Waals surface area contributed by atoms with Gasteiger partial charge < -0.3 is 14.2 Å². The average Bonchev–Trinajstić information content (AvgIpc) is 3.29. The highest BCUT2D eigenvalue weighted by Crippen LogP contribution is 2.14. The number of rotatable bonds is 47. The first kappa shape index (κ1) is 60.6. The van der Waals surface area contributed by atoms with Crippen LogP contribution in [0.3, 0.4) is 0 Å². The van der Waals surface area contributed by atoms with E-state index in [1.807, 2.05) is 6.08 Å². The predicted octanol–water partition coefficient (Wildman–Crippen LogP) is 17.6. The molecule has 0 saturated carbocycles. The molecule has 0 fully saturated rings. The standard InChI is InChI=1S/C58H98O6/c1-4-7-10-13-16-19-22-25-27-28-29-30-31-34-36-39-42-45-48-51-57(60)63-54-55(53-62-56(59)50-47-44-41-38-35-32-24-21-18-15-12-9-6-3)64-58(61)52-49-46-43-40-37-33-26-23-20-17-14-11-8-5-2/h7,10,16,19,25,27,29-30,33-34,36-37,42,45,55H,4-6,8-9,11-15,17-18,20-24,26,28,31-32,35,38-41,43-44,46-54H2,1-3H3/b10-7-,19-16-,27-25-,30-29-,36-34-,37-33-,45-42-. The van der Waals surface area contributed by atoms with Crippen LogP contribution in [-0.2, 0) is 28.6 Å². The Morgan fingerprint density at radius 2 is 0.641 bits per heavy atom. The Morgan fingerprint density at radius 3 is 1.06 bits per heavy atom. The maximum absolute atomic E-state index is 12.8. The lowest BCUT2D eigenvalue weighted by Crippen LogP contribution is -2.30. The fourth-order valence-corrected chi connectivity index (χ4v) is 7.17. The highest BCUT2D eigenvalue weighted by atomic mass is 16.6. The second-order valence-electron chi connectivity index (χ2n) is 17.4. The zero-order chi connectivity index (χ0) is 46.5. The lowest BCUT2D eigenvalue weighted by Gasteiger charge is -2.18. The van der Waals surface area contributed by atoms with Crippen molar-refractivity contribution in [2.75, 3.05) is 13.2 Å². The molecule has 0 aliphatic heterocycles. The van der Waals surface area contributed by atoms with Gasteiger partial charge in [0.1, 0.15) is 13.2 Å². The predicted molar refractivity (Wildman–Crippen MR) is 274 cm³/mol. The highest BCUT2D eigenvalue weighted by molar-refractivity contribution is 5.71. The summed E-state index contributed by atoms with van der Waals surface area (Å²) in [5, 5.41) is 0. The first-order chi connectivity index (χ1) is 31.5. The summed E-state index contributed by atoms with van der Waals surface area (Å²) in [5.41, 5.74) is 0. The molecule has 0 radical (unpaired) electrons. The van der Waals surface area contributed by atoms with E-state index in [-0.39, 0.29) is 37.5 Å². The van der Waals surface area contributed by atoms with Crippen molar-refractivity contribution >= 4 is 17.9 Å². The van der Waals surface area contributed by atoms with E-state index in [2.05, 4.69) is 99.8 Å². The number of ether oxygens (including phenoxy) is 3. The zero-order valence-electron chi connectivity index (χ0n) is 41.8. The summed E-state index contributed by atoms with van der Waals surface area (Å²) in [7, 11) is 0. The van der Waals surface area contributed by atoms with Gasteiger partial charge in [0.05, 0.1) is 0 Å². The number of carbonyl (C=O) groups excluding carboxylic acids is 3. The van der Waals surface area contributed by atoms with Gasteiger partial charge >= 0.3 is 17.9 Å². The number of unbranched alkanes of at least 4 members (excludes halogenated alkanes) is 22. The molecule has 366 valence electrons. The summed E-state index contributed by atoms with van der Waals surface area (Å²) in [6.07, 6.45) is 67.2. The fraction of sp³-hybridized carbons (Fsp3) is 0.707. The molecule has 0 bridgehead atoms. The molecule has 0 spiro atoms. The van der Waals surface area contributed by atoms with Crippen LogP contribution in [0.15, 0.2) is 85.1 Å². The van der Waals surface area contributed by atoms with Crippen LogP contribution < -0.4 is 0 Å². The molecule has 1 atom stereocenters. The van der Waals surface area contributed by atoms with E-state index in [0.717, 1.165) is 89.9 Å². The molecule has 6 heteroatoms. The van der Waals surface area contributed by atoms with Gasteiger partial charge in [-0.2, -0.15) is 0 Å². The Balaban J connectivity index is 4.51. The molecule has 64 heavy (non-hydrogen) atoms. The van der Waals surface area contributed by atoms with Gasteiger partial charge in [-0.05, 0) is 83.5 Å². The van der Waals surface area contributed by atoms with Crippen molar-refractivity contribution in [1.29, 1.82) is 0 Å². The average molecular weight is 891 g/mol. The molecular formula is C58H98O6. The maximum atomic E-state index is 12.8. The second-order valence-corrected chi connectivity index (χ2v) is 17.4. The van der Waals surface area contributed by atoms with E-state index in [9.17, 15) is 14.4 Å². The van der Waals surface area contributed by atoms with E-state index >= 15 is 0 Å². The summed E-state index contributed by atoms with van der Waals surface area (Å²) >= 11 is 0. The van der Waals surface area contributed by atoms with Crippen molar-refractivity contribution in [3.8, 4) is 0 Å². The molecule has 0 rings (SSSR count). The summed E-state index contributed by atoms with van der Waals surface area (Å²) in [4.78, 5) is 38.0. The molecule has 0 aliphatic rings. The maximum Gasteiger partial charge on any atom is 0.306 e. The van der Waals surface area contributed by atoms with Crippen LogP contribution in [0.25, 0.3) is 0 Å². The number of esters is 3. The van der Waals surface area contributed by atoms with E-state index in [1.165, 1.54) is 109 Å². The van der Waals surface area contributed by atoms with Crippen molar-refractivity contribution in [2.24, 2.45) is 0 Å². The van der Waals surface area contributed by atoms with Gasteiger partial charge in [0.2, 0.25) is 0 Å². The monoisotopic (exact) mass is 891 g/mol. The van der Waals surface area contributed by atoms with Crippen molar-refractivity contribution < 1.29 is 28.6 Å². The van der Waals surface area contributed by atoms with E-state index in [4.69, 9.17) is 14.2 Å². The first-order valence-electron chi connectivity index (χ1n) is 26.6. The van der Waals surface area contributed by atoms with Gasteiger partial charge in [0.15, 0.2) is 6.10 Å². The molecule has 0 aromatic heterocycles. The third-order valence-electron chi connectivity index (χ3n) is 11.1. The minimum atomic E-state index is -0.813. The molecule has 0 N–H and O–H groups in total. The van der Waals surface area contributed by atoms with Gasteiger partial charge in [0, 0.05) is 19.3 Å². The van der Waals surface area contributed by atoms with Crippen LogP contribution in [0.2, 0.25) is 0 Å². The Morgan fingerprint density at radius 1 is 0.328 bits per heavy atom. The smallest absolute Gasteiger partial charge is 0.306 e. The second kappa shape index (κ2) is 52.2. The lowest BCUT2D eigenvalue weighted by atomic mass is 10.0. The molecule has 6 nitrogen and oxygen atoms in total. The molecule has 0 aromatic rings. The Labute approximate surface area is 395 Å². The zero-order valence-corrected chi connectivity index (χ0v) is 41.8. The normalized spacial score (nSPS) is 12.7. The molecule has 0 aliphatic carbocycles. The molecule has 0 amide bonds. The summed E-state index contributed by atoms with van der Waals surface area (Å²) < 4.78 is 16.7. The van der Waals surface area contributed by atoms with E-state index in [0.29, 0.717) is 19.3 Å². The Bertz CT molecular complexity index is 1250. The van der Waals surface area contributed by atoms with Crippen molar-refractivity contribution in [1.82, 2.24) is 0 Å². The van der Waals surface area contributed by atoms with E-state index < -0.39 is 6.10 Å². The van der Waals surface area contributed by atoms with Crippen molar-refractivity contribution in [2.45, 2.75) is 252 Å². The number of hydrogen-bond acceptors (Lipinski definition) is 6. The topological polar surface area (TPSA) is 78.9 Å². The van der Waals surface area contributed by atoms with Crippen LogP contribution in [0.4, 0.5) is 0 Å². The number of hydrogen-bond donors (Lipinski definition) is 0. The lowest BCUT2D eigenvalue weighted by molar-refractivity contribution is -0.166. The molecule has 0 heterocycles. The Kier molecular flexibility index (Phi) is 49.4. The van der Waals surface area contributed by atoms with Gasteiger partial charge in [0.25, 0.3) is 0 Å². The molecule has 1 unspecified atom stereocenters. The summed E-state index contributed by atoms with van der Waals surface area (Å²) in [6.45, 7) is 6.44. The molecular weight excluding hydrogens is 793 g/mol. The molecule has 0 saturated heterocycles. The largest absolute Gasteiger partial charge is 0.462 e. The third kappa shape index (κ3) is 49.6. The van der Waals surface area contributed by atoms with E-state index in [1.54, 1.807) is 0 Å². The third-order valence-corrected chi connectivity index (χ3v) is 11.1. The van der Waals surface area contributed by atoms with Gasteiger partial charge in [-0.15, -0.1) is 0 Å². The SMILES string of the molecule is CC/C=C\C/C=C\C/C=C\C/C=C\C/C=C\C/C=C\CCC(=O)OCC(COC(=O)CCCCCCCCCCCCCCC)OC(=O)CCCCC/C=C\CCCCCCCCC.